The van der Waals surface area contributed by atoms with Crippen molar-refractivity contribution < 1.29 is 27.9 Å². The average molecular weight is 498 g/mol. The lowest BCUT2D eigenvalue weighted by Crippen LogP contribution is -2.35. The first-order chi connectivity index (χ1) is 17.2. The summed E-state index contributed by atoms with van der Waals surface area (Å²) >= 11 is 0. The van der Waals surface area contributed by atoms with E-state index in [1.807, 2.05) is 24.3 Å². The third-order valence-corrected chi connectivity index (χ3v) is 6.07. The second kappa shape index (κ2) is 12.4. The number of hydrogen-bond acceptors (Lipinski definition) is 2. The van der Waals surface area contributed by atoms with E-state index in [1.165, 1.54) is 36.1 Å². The van der Waals surface area contributed by atoms with Gasteiger partial charge in [0.25, 0.3) is 0 Å². The van der Waals surface area contributed by atoms with E-state index in [0.29, 0.717) is 5.56 Å². The normalized spacial score (nSPS) is 11.3. The number of aliphatic carboxylic acids is 1. The van der Waals surface area contributed by atoms with E-state index in [9.17, 15) is 27.9 Å². The van der Waals surface area contributed by atoms with Crippen LogP contribution in [0.25, 0.3) is 0 Å². The van der Waals surface area contributed by atoms with Gasteiger partial charge in [-0.25, -0.2) is 4.79 Å². The lowest BCUT2D eigenvalue weighted by molar-refractivity contribution is -0.156. The number of carbonyl (C=O) groups is 2. The summed E-state index contributed by atoms with van der Waals surface area (Å²) in [6.45, 7) is 2.10. The van der Waals surface area contributed by atoms with Crippen LogP contribution in [0.4, 0.5) is 13.2 Å². The maximum atomic E-state index is 12.8. The summed E-state index contributed by atoms with van der Waals surface area (Å²) < 4.78 is 38.4. The first-order valence-electron chi connectivity index (χ1n) is 12.0. The van der Waals surface area contributed by atoms with E-state index in [-0.39, 0.29) is 13.1 Å². The Kier molecular flexibility index (Phi) is 9.28. The van der Waals surface area contributed by atoms with Gasteiger partial charge in [-0.05, 0) is 65.6 Å². The Bertz CT molecular complexity index is 1140. The number of carboxylic acids is 1. The second-order valence-corrected chi connectivity index (χ2v) is 8.90. The molecular weight excluding hydrogens is 467 g/mol. The molecule has 3 aromatic carbocycles. The number of amides is 1. The Labute approximate surface area is 209 Å². The molecule has 3 rings (SSSR count). The van der Waals surface area contributed by atoms with E-state index in [1.54, 1.807) is 0 Å². The molecule has 0 heterocycles. The van der Waals surface area contributed by atoms with E-state index < -0.39 is 23.6 Å². The monoisotopic (exact) mass is 497 g/mol. The molecule has 0 bridgehead atoms. The molecular formula is C29H30F3NO3. The summed E-state index contributed by atoms with van der Waals surface area (Å²) in [4.78, 5) is 24.7. The van der Waals surface area contributed by atoms with E-state index in [0.717, 1.165) is 47.4 Å². The van der Waals surface area contributed by atoms with Gasteiger partial charge in [0.2, 0.25) is 0 Å². The van der Waals surface area contributed by atoms with Gasteiger partial charge < -0.3 is 10.0 Å². The average Bonchev–Trinajstić information content (AvgIpc) is 2.86. The van der Waals surface area contributed by atoms with Crippen LogP contribution in [0.1, 0.15) is 53.1 Å². The Morgan fingerprint density at radius 1 is 0.694 bits per heavy atom. The number of carboxylic acid groups (broad SMARTS) is 1. The molecule has 0 aliphatic carbocycles. The molecule has 3 aromatic rings. The molecule has 0 radical (unpaired) electrons. The van der Waals surface area contributed by atoms with Crippen LogP contribution in [0.2, 0.25) is 0 Å². The lowest BCUT2D eigenvalue weighted by atomic mass is 10.0. The fraction of sp³-hybridized carbons (Fsp3) is 0.310. The Hall–Kier alpha value is -3.61. The molecule has 36 heavy (non-hydrogen) atoms. The summed E-state index contributed by atoms with van der Waals surface area (Å²) in [5, 5.41) is 9.20. The minimum atomic E-state index is -4.46. The van der Waals surface area contributed by atoms with Crippen molar-refractivity contribution in [2.45, 2.75) is 58.3 Å². The third kappa shape index (κ3) is 7.97. The first kappa shape index (κ1) is 27.0. The van der Waals surface area contributed by atoms with Crippen molar-refractivity contribution in [2.24, 2.45) is 0 Å². The van der Waals surface area contributed by atoms with Gasteiger partial charge in [-0.2, -0.15) is 13.2 Å². The molecule has 0 aliphatic heterocycles. The number of benzene rings is 3. The number of alkyl halides is 3. The van der Waals surface area contributed by atoms with Crippen LogP contribution < -0.4 is 0 Å². The second-order valence-electron chi connectivity index (χ2n) is 8.90. The van der Waals surface area contributed by atoms with E-state index >= 15 is 0 Å². The van der Waals surface area contributed by atoms with Crippen molar-refractivity contribution in [1.29, 1.82) is 0 Å². The molecule has 0 atom stereocenters. The summed E-state index contributed by atoms with van der Waals surface area (Å²) in [5.41, 5.74) is 4.07. The molecule has 1 N–H and O–H groups in total. The van der Waals surface area contributed by atoms with Crippen LogP contribution in [0.5, 0.6) is 0 Å². The van der Waals surface area contributed by atoms with Gasteiger partial charge in [-0.1, -0.05) is 74.0 Å². The highest BCUT2D eigenvalue weighted by atomic mass is 19.4. The molecule has 190 valence electrons. The highest BCUT2D eigenvalue weighted by Gasteiger charge is 2.30. The standard InChI is InChI=1S/C29H30F3NO3/c1-2-3-4-21-5-7-22(8-6-21)9-10-23-11-13-24(14-12-23)19-33(27(34)28(35)36)20-25-15-17-26(18-16-25)29(30,31)32/h5-8,11-18H,2-4,9-10,19-20H2,1H3,(H,35,36). The Balaban J connectivity index is 1.61. The molecule has 0 unspecified atom stereocenters. The molecule has 1 amide bonds. The van der Waals surface area contributed by atoms with Crippen LogP contribution in [-0.4, -0.2) is 21.9 Å². The number of carbonyl (C=O) groups excluding carboxylic acids is 1. The van der Waals surface area contributed by atoms with Gasteiger partial charge in [0, 0.05) is 13.1 Å². The van der Waals surface area contributed by atoms with Crippen molar-refractivity contribution in [1.82, 2.24) is 4.90 Å². The van der Waals surface area contributed by atoms with E-state index in [4.69, 9.17) is 0 Å². The molecule has 0 saturated carbocycles. The number of aryl methyl sites for hydroxylation is 3. The van der Waals surface area contributed by atoms with Crippen LogP contribution in [0.3, 0.4) is 0 Å². The maximum Gasteiger partial charge on any atom is 0.416 e. The van der Waals surface area contributed by atoms with Gasteiger partial charge in [0.05, 0.1) is 5.56 Å². The molecule has 4 nitrogen and oxygen atoms in total. The van der Waals surface area contributed by atoms with Crippen molar-refractivity contribution >= 4 is 11.9 Å². The Morgan fingerprint density at radius 2 is 1.08 bits per heavy atom. The number of unbranched alkanes of at least 4 members (excludes halogenated alkanes) is 1. The molecule has 0 aromatic heterocycles. The molecule has 0 fully saturated rings. The largest absolute Gasteiger partial charge is 0.474 e. The summed E-state index contributed by atoms with van der Waals surface area (Å²) in [6.07, 6.45) is 0.733. The summed E-state index contributed by atoms with van der Waals surface area (Å²) in [5.74, 6) is -2.72. The first-order valence-corrected chi connectivity index (χ1v) is 12.0. The quantitative estimate of drug-likeness (QED) is 0.328. The highest BCUT2D eigenvalue weighted by Crippen LogP contribution is 2.29. The minimum Gasteiger partial charge on any atom is -0.474 e. The molecule has 7 heteroatoms. The topological polar surface area (TPSA) is 57.6 Å². The van der Waals surface area contributed by atoms with Crippen molar-refractivity contribution in [3.63, 3.8) is 0 Å². The van der Waals surface area contributed by atoms with Crippen LogP contribution in [0, 0.1) is 0 Å². The van der Waals surface area contributed by atoms with Gasteiger partial charge >= 0.3 is 18.1 Å². The van der Waals surface area contributed by atoms with Gasteiger partial charge in [0.1, 0.15) is 0 Å². The zero-order valence-electron chi connectivity index (χ0n) is 20.2. The zero-order chi connectivity index (χ0) is 26.1. The van der Waals surface area contributed by atoms with Gasteiger partial charge in [-0.15, -0.1) is 0 Å². The highest BCUT2D eigenvalue weighted by molar-refractivity contribution is 6.31. The smallest absolute Gasteiger partial charge is 0.416 e. The molecule has 0 spiro atoms. The fourth-order valence-electron chi connectivity index (χ4n) is 3.93. The summed E-state index contributed by atoms with van der Waals surface area (Å²) in [6, 6.07) is 20.6. The van der Waals surface area contributed by atoms with E-state index in [2.05, 4.69) is 31.2 Å². The number of nitrogens with zero attached hydrogens (tertiary/aromatic N) is 1. The minimum absolute atomic E-state index is 0.0334. The van der Waals surface area contributed by atoms with Crippen molar-refractivity contribution in [3.05, 3.63) is 106 Å². The van der Waals surface area contributed by atoms with Crippen LogP contribution in [-0.2, 0) is 48.1 Å². The van der Waals surface area contributed by atoms with Gasteiger partial charge in [-0.3, -0.25) is 4.79 Å². The fourth-order valence-corrected chi connectivity index (χ4v) is 3.93. The van der Waals surface area contributed by atoms with Crippen molar-refractivity contribution in [2.75, 3.05) is 0 Å². The van der Waals surface area contributed by atoms with Crippen LogP contribution >= 0.6 is 0 Å². The predicted octanol–water partition coefficient (Wildman–Crippen LogP) is 6.45. The SMILES string of the molecule is CCCCc1ccc(CCc2ccc(CN(Cc3ccc(C(F)(F)F)cc3)C(=O)C(=O)O)cc2)cc1. The maximum absolute atomic E-state index is 12.8. The number of hydrogen-bond donors (Lipinski definition) is 1. The van der Waals surface area contributed by atoms with Crippen LogP contribution in [0.15, 0.2) is 72.8 Å². The number of halogens is 3. The molecule has 0 saturated heterocycles. The lowest BCUT2D eigenvalue weighted by Gasteiger charge is -2.21. The van der Waals surface area contributed by atoms with Crippen molar-refractivity contribution in [3.8, 4) is 0 Å². The summed E-state index contributed by atoms with van der Waals surface area (Å²) in [7, 11) is 0. The van der Waals surface area contributed by atoms with Gasteiger partial charge in [0.15, 0.2) is 0 Å². The molecule has 0 aliphatic rings. The Morgan fingerprint density at radius 3 is 1.47 bits per heavy atom. The zero-order valence-corrected chi connectivity index (χ0v) is 20.2. The predicted molar refractivity (Wildman–Crippen MR) is 132 cm³/mol. The third-order valence-electron chi connectivity index (χ3n) is 6.07. The number of rotatable bonds is 10.